The van der Waals surface area contributed by atoms with E-state index >= 15 is 0 Å². The van der Waals surface area contributed by atoms with Crippen molar-refractivity contribution in [2.75, 3.05) is 0 Å². The summed E-state index contributed by atoms with van der Waals surface area (Å²) in [4.78, 5) is 11.9. The van der Waals surface area contributed by atoms with Gasteiger partial charge in [0.05, 0.1) is 5.69 Å². The predicted octanol–water partition coefficient (Wildman–Crippen LogP) is 2.99. The molecule has 0 atom stereocenters. The van der Waals surface area contributed by atoms with Crippen molar-refractivity contribution in [1.82, 2.24) is 20.2 Å². The molecule has 0 unspecified atom stereocenters. The predicted molar refractivity (Wildman–Crippen MR) is 88.7 cm³/mol. The summed E-state index contributed by atoms with van der Waals surface area (Å²) in [6, 6.07) is 16.8. The quantitative estimate of drug-likeness (QED) is 0.644. The van der Waals surface area contributed by atoms with Crippen molar-refractivity contribution in [1.29, 1.82) is 0 Å². The van der Waals surface area contributed by atoms with Crippen molar-refractivity contribution in [2.24, 2.45) is 0 Å². The number of aryl methyl sites for hydroxylation is 1. The summed E-state index contributed by atoms with van der Waals surface area (Å²) in [6.07, 6.45) is 0.883. The Hall–Kier alpha value is -2.73. The van der Waals surface area contributed by atoms with E-state index in [1.54, 1.807) is 16.8 Å². The number of halogens is 1. The summed E-state index contributed by atoms with van der Waals surface area (Å²) < 4.78 is 6.81. The van der Waals surface area contributed by atoms with Gasteiger partial charge in [0.15, 0.2) is 12.4 Å². The van der Waals surface area contributed by atoms with E-state index in [2.05, 4.69) is 15.5 Å². The van der Waals surface area contributed by atoms with Crippen LogP contribution in [0.4, 0.5) is 0 Å². The summed E-state index contributed by atoms with van der Waals surface area (Å²) >= 11 is 5.83. The maximum absolute atomic E-state index is 11.9. The van der Waals surface area contributed by atoms with Crippen molar-refractivity contribution in [3.63, 3.8) is 0 Å². The van der Waals surface area contributed by atoms with Gasteiger partial charge in [-0.3, -0.25) is 4.79 Å². The number of esters is 1. The normalized spacial score (nSPS) is 10.5. The number of nitrogens with zero attached hydrogens (tertiary/aromatic N) is 4. The second kappa shape index (κ2) is 7.70. The van der Waals surface area contributed by atoms with Crippen molar-refractivity contribution in [3.8, 4) is 5.69 Å². The van der Waals surface area contributed by atoms with Crippen LogP contribution in [0.2, 0.25) is 5.02 Å². The molecule has 0 bridgehead atoms. The largest absolute Gasteiger partial charge is 0.457 e. The molecule has 1 heterocycles. The summed E-state index contributed by atoms with van der Waals surface area (Å²) in [5.74, 6) is 0.175. The van der Waals surface area contributed by atoms with Gasteiger partial charge in [-0.15, -0.1) is 5.10 Å². The number of carbonyl (C=O) groups excluding carboxylic acids is 1. The Morgan fingerprint density at radius 2 is 1.83 bits per heavy atom. The molecule has 6 nitrogen and oxygen atoms in total. The van der Waals surface area contributed by atoms with Crippen LogP contribution in [0, 0.1) is 0 Å². The van der Waals surface area contributed by atoms with Crippen LogP contribution in [0.15, 0.2) is 54.6 Å². The number of benzene rings is 2. The zero-order chi connectivity index (χ0) is 16.8. The molecule has 24 heavy (non-hydrogen) atoms. The van der Waals surface area contributed by atoms with Gasteiger partial charge in [0.25, 0.3) is 0 Å². The Labute approximate surface area is 144 Å². The van der Waals surface area contributed by atoms with Crippen molar-refractivity contribution in [3.05, 3.63) is 71.0 Å². The molecule has 0 radical (unpaired) electrons. The lowest BCUT2D eigenvalue weighted by Crippen LogP contribution is -2.10. The number of ether oxygens (including phenoxy) is 1. The molecule has 0 aliphatic rings. The lowest BCUT2D eigenvalue weighted by atomic mass is 10.1. The Morgan fingerprint density at radius 3 is 2.58 bits per heavy atom. The third-order valence-electron chi connectivity index (χ3n) is 3.43. The minimum atomic E-state index is -0.299. The third-order valence-corrected chi connectivity index (χ3v) is 3.68. The maximum atomic E-state index is 11.9. The Balaban J connectivity index is 1.54. The van der Waals surface area contributed by atoms with Gasteiger partial charge in [-0.2, -0.15) is 4.68 Å². The Kier molecular flexibility index (Phi) is 5.18. The van der Waals surface area contributed by atoms with Gasteiger partial charge < -0.3 is 4.74 Å². The van der Waals surface area contributed by atoms with Gasteiger partial charge in [-0.25, -0.2) is 0 Å². The van der Waals surface area contributed by atoms with Crippen LogP contribution >= 0.6 is 11.6 Å². The van der Waals surface area contributed by atoms with Gasteiger partial charge >= 0.3 is 5.97 Å². The second-order valence-electron chi connectivity index (χ2n) is 5.13. The first-order valence-electron chi connectivity index (χ1n) is 7.45. The molecule has 0 spiro atoms. The number of carbonyl (C=O) groups is 1. The van der Waals surface area contributed by atoms with Crippen LogP contribution in [0.25, 0.3) is 5.69 Å². The molecule has 3 aromatic rings. The van der Waals surface area contributed by atoms with Crippen molar-refractivity contribution < 1.29 is 9.53 Å². The maximum Gasteiger partial charge on any atom is 0.306 e. The lowest BCUT2D eigenvalue weighted by molar-refractivity contribution is -0.145. The molecular weight excluding hydrogens is 328 g/mol. The molecule has 3 rings (SSSR count). The molecule has 122 valence electrons. The van der Waals surface area contributed by atoms with E-state index in [4.69, 9.17) is 16.3 Å². The fourth-order valence-corrected chi connectivity index (χ4v) is 2.31. The second-order valence-corrected chi connectivity index (χ2v) is 5.57. The van der Waals surface area contributed by atoms with E-state index in [0.717, 1.165) is 11.3 Å². The standard InChI is InChI=1S/C17H15ClN4O2/c18-14-9-6-13(7-10-14)8-11-17(23)24-12-16-19-20-21-22(16)15-4-2-1-3-5-15/h1-7,9-10H,8,11-12H2. The number of hydrogen-bond donors (Lipinski definition) is 0. The Bertz CT molecular complexity index is 803. The highest BCUT2D eigenvalue weighted by atomic mass is 35.5. The molecular formula is C17H15ClN4O2. The SMILES string of the molecule is O=C(CCc1ccc(Cl)cc1)OCc1nnnn1-c1ccccc1. The molecule has 0 saturated carbocycles. The van der Waals surface area contributed by atoms with E-state index in [0.29, 0.717) is 17.3 Å². The number of hydrogen-bond acceptors (Lipinski definition) is 5. The molecule has 0 fully saturated rings. The van der Waals surface area contributed by atoms with Crippen LogP contribution in [0.3, 0.4) is 0 Å². The van der Waals surface area contributed by atoms with Gasteiger partial charge in [0, 0.05) is 11.4 Å². The number of para-hydroxylation sites is 1. The fraction of sp³-hybridized carbons (Fsp3) is 0.176. The smallest absolute Gasteiger partial charge is 0.306 e. The van der Waals surface area contributed by atoms with E-state index < -0.39 is 0 Å². The van der Waals surface area contributed by atoms with Crippen LogP contribution in [-0.4, -0.2) is 26.2 Å². The average Bonchev–Trinajstić information content (AvgIpc) is 3.09. The third kappa shape index (κ3) is 4.17. The topological polar surface area (TPSA) is 69.9 Å². The van der Waals surface area contributed by atoms with Gasteiger partial charge in [-0.05, 0) is 46.7 Å². The van der Waals surface area contributed by atoms with Gasteiger partial charge in [-0.1, -0.05) is 41.9 Å². The molecule has 7 heteroatoms. The van der Waals surface area contributed by atoms with Crippen LogP contribution < -0.4 is 0 Å². The van der Waals surface area contributed by atoms with E-state index in [9.17, 15) is 4.79 Å². The van der Waals surface area contributed by atoms with E-state index in [-0.39, 0.29) is 19.0 Å². The first kappa shape index (κ1) is 16.1. The zero-order valence-electron chi connectivity index (χ0n) is 12.8. The highest BCUT2D eigenvalue weighted by Crippen LogP contribution is 2.12. The lowest BCUT2D eigenvalue weighted by Gasteiger charge is -2.06. The number of tetrazole rings is 1. The summed E-state index contributed by atoms with van der Waals surface area (Å²) in [6.45, 7) is 0.0291. The average molecular weight is 343 g/mol. The van der Waals surface area contributed by atoms with E-state index in [1.165, 1.54) is 0 Å². The molecule has 0 saturated heterocycles. The minimum absolute atomic E-state index is 0.0291. The fourth-order valence-electron chi connectivity index (χ4n) is 2.18. The van der Waals surface area contributed by atoms with Gasteiger partial charge in [0.2, 0.25) is 0 Å². The summed E-state index contributed by atoms with van der Waals surface area (Å²) in [7, 11) is 0. The molecule has 0 amide bonds. The monoisotopic (exact) mass is 342 g/mol. The van der Waals surface area contributed by atoms with E-state index in [1.807, 2.05) is 42.5 Å². The Morgan fingerprint density at radius 1 is 1.08 bits per heavy atom. The van der Waals surface area contributed by atoms with Crippen molar-refractivity contribution in [2.45, 2.75) is 19.4 Å². The molecule has 2 aromatic carbocycles. The van der Waals surface area contributed by atoms with Crippen molar-refractivity contribution >= 4 is 17.6 Å². The summed E-state index contributed by atoms with van der Waals surface area (Å²) in [5.41, 5.74) is 1.85. The number of aromatic nitrogens is 4. The molecule has 1 aromatic heterocycles. The molecule has 0 aliphatic heterocycles. The zero-order valence-corrected chi connectivity index (χ0v) is 13.6. The first-order chi connectivity index (χ1) is 11.7. The highest BCUT2D eigenvalue weighted by molar-refractivity contribution is 6.30. The minimum Gasteiger partial charge on any atom is -0.457 e. The number of rotatable bonds is 6. The van der Waals surface area contributed by atoms with Crippen LogP contribution in [-0.2, 0) is 22.6 Å². The van der Waals surface area contributed by atoms with Crippen LogP contribution in [0.1, 0.15) is 17.8 Å². The van der Waals surface area contributed by atoms with Crippen LogP contribution in [0.5, 0.6) is 0 Å². The summed E-state index contributed by atoms with van der Waals surface area (Å²) in [5, 5.41) is 12.1. The highest BCUT2D eigenvalue weighted by Gasteiger charge is 2.11. The molecule has 0 aliphatic carbocycles. The molecule has 0 N–H and O–H groups in total. The van der Waals surface area contributed by atoms with Gasteiger partial charge in [0.1, 0.15) is 0 Å². The first-order valence-corrected chi connectivity index (χ1v) is 7.83.